The lowest BCUT2D eigenvalue weighted by Gasteiger charge is -2.45. The van der Waals surface area contributed by atoms with Gasteiger partial charge in [0.1, 0.15) is 6.61 Å². The molecule has 1 unspecified atom stereocenters. The van der Waals surface area contributed by atoms with Crippen LogP contribution in [-0.4, -0.2) is 67.2 Å². The van der Waals surface area contributed by atoms with E-state index in [2.05, 4.69) is 13.8 Å². The zero-order valence-corrected chi connectivity index (χ0v) is 23.8. The second-order valence-electron chi connectivity index (χ2n) is 11.4. The topological polar surface area (TPSA) is 83.5 Å². The van der Waals surface area contributed by atoms with Crippen molar-refractivity contribution >= 4 is 12.0 Å². The normalized spacial score (nSPS) is 33.4. The largest absolute Gasteiger partial charge is 0.447 e. The molecule has 8 heteroatoms. The van der Waals surface area contributed by atoms with Crippen LogP contribution in [-0.2, 0) is 34.9 Å². The first-order chi connectivity index (χ1) is 19.3. The van der Waals surface area contributed by atoms with Gasteiger partial charge < -0.3 is 23.7 Å². The number of carbonyl (C=O) groups is 2. The Morgan fingerprint density at radius 1 is 1.00 bits per heavy atom. The molecule has 0 saturated carbocycles. The predicted octanol–water partition coefficient (Wildman–Crippen LogP) is 5.30. The van der Waals surface area contributed by atoms with E-state index in [0.29, 0.717) is 12.8 Å². The molecule has 3 aliphatic heterocycles. The highest BCUT2D eigenvalue weighted by Gasteiger charge is 2.47. The third kappa shape index (κ3) is 6.41. The molecule has 9 atom stereocenters. The van der Waals surface area contributed by atoms with Gasteiger partial charge in [-0.3, -0.25) is 4.79 Å². The minimum Gasteiger partial charge on any atom is -0.447 e. The third-order valence-corrected chi connectivity index (χ3v) is 8.52. The van der Waals surface area contributed by atoms with Gasteiger partial charge in [-0.2, -0.15) is 0 Å². The molecule has 8 nitrogen and oxygen atoms in total. The van der Waals surface area contributed by atoms with Crippen LogP contribution < -0.4 is 0 Å². The molecule has 0 aromatic heterocycles. The summed E-state index contributed by atoms with van der Waals surface area (Å²) in [4.78, 5) is 28.0. The number of carbonyl (C=O) groups excluding carboxylic acids is 2. The molecule has 3 aliphatic rings. The summed E-state index contributed by atoms with van der Waals surface area (Å²) >= 11 is 0. The summed E-state index contributed by atoms with van der Waals surface area (Å²) < 4.78 is 30.4. The lowest BCUT2D eigenvalue weighted by Crippen LogP contribution is -2.52. The molecule has 2 amide bonds. The Kier molecular flexibility index (Phi) is 9.20. The summed E-state index contributed by atoms with van der Waals surface area (Å²) in [5, 5.41) is 0. The number of cyclic esters (lactones) is 1. The van der Waals surface area contributed by atoms with Crippen LogP contribution in [0.25, 0.3) is 0 Å². The molecular weight excluding hydrogens is 510 g/mol. The fraction of sp³-hybridized carbons (Fsp3) is 0.562. The first kappa shape index (κ1) is 28.7. The minimum absolute atomic E-state index is 0.0221. The first-order valence-electron chi connectivity index (χ1n) is 14.4. The Balaban J connectivity index is 1.35. The summed E-state index contributed by atoms with van der Waals surface area (Å²) in [7, 11) is 1.75. The molecule has 2 aromatic carbocycles. The number of nitrogens with zero attached hydrogens (tertiary/aromatic N) is 1. The van der Waals surface area contributed by atoms with E-state index in [-0.39, 0.29) is 48.9 Å². The van der Waals surface area contributed by atoms with Crippen molar-refractivity contribution in [1.82, 2.24) is 4.90 Å². The van der Waals surface area contributed by atoms with Gasteiger partial charge in [0.05, 0.1) is 42.5 Å². The van der Waals surface area contributed by atoms with Gasteiger partial charge in [-0.15, -0.1) is 0 Å². The van der Waals surface area contributed by atoms with E-state index in [9.17, 15) is 9.59 Å². The van der Waals surface area contributed by atoms with Gasteiger partial charge in [0, 0.05) is 25.0 Å². The van der Waals surface area contributed by atoms with Crippen LogP contribution in [0.2, 0.25) is 0 Å². The molecule has 0 N–H and O–H groups in total. The van der Waals surface area contributed by atoms with Gasteiger partial charge in [-0.25, -0.2) is 9.69 Å². The maximum absolute atomic E-state index is 13.9. The van der Waals surface area contributed by atoms with Gasteiger partial charge >= 0.3 is 6.09 Å². The lowest BCUT2D eigenvalue weighted by atomic mass is 9.83. The third-order valence-electron chi connectivity index (χ3n) is 8.52. The van der Waals surface area contributed by atoms with E-state index < -0.39 is 24.4 Å². The smallest absolute Gasteiger partial charge is 0.416 e. The number of hydrogen-bond donors (Lipinski definition) is 0. The summed E-state index contributed by atoms with van der Waals surface area (Å²) in [6.45, 7) is 6.16. The van der Waals surface area contributed by atoms with Crippen LogP contribution in [0, 0.1) is 11.8 Å². The molecule has 5 rings (SSSR count). The van der Waals surface area contributed by atoms with Gasteiger partial charge in [0.2, 0.25) is 5.91 Å². The fourth-order valence-corrected chi connectivity index (χ4v) is 6.33. The molecule has 0 bridgehead atoms. The van der Waals surface area contributed by atoms with E-state index in [1.807, 2.05) is 67.6 Å². The standard InChI is InChI=1S/C32H41NO7/c1-20-15-26(36-4)17-27(38-20)18-28-21(2)29(40-31(39-28)24-13-9-6-10-14-24)22(3)30(34)33-25(19-37-32(33)35)16-23-11-7-5-8-12-23/h5-14,20-22,25-29,31H,15-19H2,1-4H3/t20-,21-,22-,25-,26+,27+,28+,29-,31?/m0/s1. The summed E-state index contributed by atoms with van der Waals surface area (Å²) in [5.74, 6) is -0.990. The highest BCUT2D eigenvalue weighted by molar-refractivity contribution is 5.95. The lowest BCUT2D eigenvalue weighted by molar-refractivity contribution is -0.285. The van der Waals surface area contributed by atoms with Crippen molar-refractivity contribution in [2.75, 3.05) is 13.7 Å². The first-order valence-corrected chi connectivity index (χ1v) is 14.4. The number of rotatable bonds is 8. The molecular formula is C32H41NO7. The van der Waals surface area contributed by atoms with Crippen molar-refractivity contribution in [3.05, 3.63) is 71.8 Å². The van der Waals surface area contributed by atoms with Crippen LogP contribution in [0.1, 0.15) is 57.5 Å². The Hall–Kier alpha value is -2.78. The molecule has 40 heavy (non-hydrogen) atoms. The van der Waals surface area contributed by atoms with Gasteiger partial charge in [0.15, 0.2) is 6.29 Å². The average molecular weight is 552 g/mol. The number of hydrogen-bond acceptors (Lipinski definition) is 7. The average Bonchev–Trinajstić information content (AvgIpc) is 3.33. The number of benzene rings is 2. The molecule has 216 valence electrons. The maximum atomic E-state index is 13.9. The highest BCUT2D eigenvalue weighted by Crippen LogP contribution is 2.40. The van der Waals surface area contributed by atoms with Crippen molar-refractivity contribution in [2.45, 2.75) is 89.3 Å². The highest BCUT2D eigenvalue weighted by atomic mass is 16.7. The molecule has 0 spiro atoms. The van der Waals surface area contributed by atoms with Gasteiger partial charge in [-0.05, 0) is 31.7 Å². The van der Waals surface area contributed by atoms with Crippen molar-refractivity contribution in [2.24, 2.45) is 11.8 Å². The number of ether oxygens (including phenoxy) is 5. The van der Waals surface area contributed by atoms with E-state index in [1.54, 1.807) is 7.11 Å². The van der Waals surface area contributed by atoms with Crippen LogP contribution in [0.4, 0.5) is 4.79 Å². The summed E-state index contributed by atoms with van der Waals surface area (Å²) in [6, 6.07) is 19.3. The summed E-state index contributed by atoms with van der Waals surface area (Å²) in [5.41, 5.74) is 1.94. The van der Waals surface area contributed by atoms with Crippen molar-refractivity contribution < 1.29 is 33.3 Å². The minimum atomic E-state index is -0.632. The molecule has 3 fully saturated rings. The Morgan fingerprint density at radius 3 is 2.40 bits per heavy atom. The zero-order valence-electron chi connectivity index (χ0n) is 23.8. The van der Waals surface area contributed by atoms with Crippen LogP contribution in [0.15, 0.2) is 60.7 Å². The Bertz CT molecular complexity index is 1130. The second kappa shape index (κ2) is 12.8. The van der Waals surface area contributed by atoms with E-state index in [4.69, 9.17) is 23.7 Å². The molecule has 2 aromatic rings. The number of methoxy groups -OCH3 is 1. The van der Waals surface area contributed by atoms with Crippen LogP contribution >= 0.6 is 0 Å². The Morgan fingerprint density at radius 2 is 1.70 bits per heavy atom. The van der Waals surface area contributed by atoms with Crippen molar-refractivity contribution in [3.63, 3.8) is 0 Å². The second-order valence-corrected chi connectivity index (χ2v) is 11.4. The van der Waals surface area contributed by atoms with Crippen LogP contribution in [0.3, 0.4) is 0 Å². The monoisotopic (exact) mass is 551 g/mol. The quantitative estimate of drug-likeness (QED) is 0.440. The fourth-order valence-electron chi connectivity index (χ4n) is 6.33. The number of amides is 2. The predicted molar refractivity (Wildman–Crippen MR) is 148 cm³/mol. The SMILES string of the molecule is CO[C@H]1C[C@H](C[C@H]2OC(c3ccccc3)O[C@H]([C@H](C)C(=O)N3C(=O)OC[C@@H]3Cc3ccccc3)[C@H]2C)O[C@@H](C)C1. The Labute approximate surface area is 236 Å². The van der Waals surface area contributed by atoms with E-state index >= 15 is 0 Å². The van der Waals surface area contributed by atoms with E-state index in [0.717, 1.165) is 24.0 Å². The maximum Gasteiger partial charge on any atom is 0.416 e. The van der Waals surface area contributed by atoms with Gasteiger partial charge in [0.25, 0.3) is 0 Å². The molecule has 3 heterocycles. The van der Waals surface area contributed by atoms with Crippen LogP contribution in [0.5, 0.6) is 0 Å². The molecule has 0 radical (unpaired) electrons. The molecule has 3 saturated heterocycles. The van der Waals surface area contributed by atoms with E-state index in [1.165, 1.54) is 4.90 Å². The van der Waals surface area contributed by atoms with Gasteiger partial charge in [-0.1, -0.05) is 74.5 Å². The molecule has 0 aliphatic carbocycles. The number of imide groups is 1. The van der Waals surface area contributed by atoms with Crippen molar-refractivity contribution in [1.29, 1.82) is 0 Å². The van der Waals surface area contributed by atoms with Crippen molar-refractivity contribution in [3.8, 4) is 0 Å². The summed E-state index contributed by atoms with van der Waals surface area (Å²) in [6.07, 6.45) is 1.19. The zero-order chi connectivity index (χ0) is 28.2.